The lowest BCUT2D eigenvalue weighted by molar-refractivity contribution is -0.385. The third-order valence-corrected chi connectivity index (χ3v) is 1.89. The lowest BCUT2D eigenvalue weighted by Gasteiger charge is -2.01. The molecule has 0 N–H and O–H groups in total. The second-order valence-corrected chi connectivity index (χ2v) is 3.04. The smallest absolute Gasteiger partial charge is 0.258 e. The summed E-state index contributed by atoms with van der Waals surface area (Å²) in [5, 5.41) is 10.5. The maximum absolute atomic E-state index is 10.5. The van der Waals surface area contributed by atoms with Gasteiger partial charge in [-0.3, -0.25) is 10.1 Å². The molecule has 0 unspecified atom stereocenters. The van der Waals surface area contributed by atoms with Crippen molar-refractivity contribution in [2.24, 2.45) is 0 Å². The van der Waals surface area contributed by atoms with Crippen LogP contribution in [0.5, 0.6) is 0 Å². The molecule has 3 heteroatoms. The second kappa shape index (κ2) is 3.39. The highest BCUT2D eigenvalue weighted by Crippen LogP contribution is 2.21. The molecule has 0 saturated heterocycles. The molecule has 0 radical (unpaired) electrons. The van der Waals surface area contributed by atoms with E-state index in [2.05, 4.69) is 6.58 Å². The summed E-state index contributed by atoms with van der Waals surface area (Å²) in [5.41, 5.74) is 2.69. The van der Waals surface area contributed by atoms with E-state index in [0.717, 1.165) is 11.1 Å². The summed E-state index contributed by atoms with van der Waals surface area (Å²) in [6.07, 6.45) is 0. The van der Waals surface area contributed by atoms with Crippen LogP contribution in [0.15, 0.2) is 24.8 Å². The van der Waals surface area contributed by atoms with Crippen LogP contribution in [0.1, 0.15) is 18.1 Å². The van der Waals surface area contributed by atoms with Crippen LogP contribution in [0.25, 0.3) is 5.57 Å². The summed E-state index contributed by atoms with van der Waals surface area (Å²) in [7, 11) is 0. The Bertz CT molecular complexity index is 369. The van der Waals surface area contributed by atoms with Gasteiger partial charge >= 0.3 is 0 Å². The fraction of sp³-hybridized carbons (Fsp3) is 0.200. The van der Waals surface area contributed by atoms with E-state index in [-0.39, 0.29) is 10.6 Å². The number of hydrogen-bond donors (Lipinski definition) is 0. The summed E-state index contributed by atoms with van der Waals surface area (Å²) >= 11 is 0. The number of nitro groups is 1. The van der Waals surface area contributed by atoms with Crippen LogP contribution in [0.3, 0.4) is 0 Å². The summed E-state index contributed by atoms with van der Waals surface area (Å²) in [4.78, 5) is 10.1. The minimum atomic E-state index is -0.377. The first-order chi connectivity index (χ1) is 6.02. The molecule has 0 bridgehead atoms. The molecule has 13 heavy (non-hydrogen) atoms. The van der Waals surface area contributed by atoms with Crippen LogP contribution >= 0.6 is 0 Å². The van der Waals surface area contributed by atoms with Gasteiger partial charge in [0.2, 0.25) is 0 Å². The molecule has 0 atom stereocenters. The topological polar surface area (TPSA) is 43.1 Å². The lowest BCUT2D eigenvalue weighted by Crippen LogP contribution is -1.92. The number of hydrogen-bond acceptors (Lipinski definition) is 2. The van der Waals surface area contributed by atoms with E-state index in [1.54, 1.807) is 19.1 Å². The molecule has 0 amide bonds. The number of aryl methyl sites for hydroxylation is 1. The number of nitrogens with zero attached hydrogens (tertiary/aromatic N) is 1. The average molecular weight is 177 g/mol. The van der Waals surface area contributed by atoms with E-state index in [1.807, 2.05) is 6.92 Å². The Morgan fingerprint density at radius 1 is 1.54 bits per heavy atom. The van der Waals surface area contributed by atoms with Gasteiger partial charge in [-0.15, -0.1) is 0 Å². The van der Waals surface area contributed by atoms with E-state index in [9.17, 15) is 10.1 Å². The minimum absolute atomic E-state index is 0.157. The van der Waals surface area contributed by atoms with E-state index in [1.165, 1.54) is 6.07 Å². The first kappa shape index (κ1) is 9.45. The van der Waals surface area contributed by atoms with Crippen molar-refractivity contribution >= 4 is 11.3 Å². The molecule has 0 heterocycles. The Morgan fingerprint density at radius 3 is 2.54 bits per heavy atom. The van der Waals surface area contributed by atoms with E-state index < -0.39 is 0 Å². The van der Waals surface area contributed by atoms with Crippen molar-refractivity contribution in [2.45, 2.75) is 13.8 Å². The maximum Gasteiger partial charge on any atom is 0.272 e. The van der Waals surface area contributed by atoms with Crippen molar-refractivity contribution in [1.82, 2.24) is 0 Å². The normalized spacial score (nSPS) is 9.69. The molecule has 1 rings (SSSR count). The Balaban J connectivity index is 3.20. The van der Waals surface area contributed by atoms with Gasteiger partial charge in [0.05, 0.1) is 4.92 Å². The van der Waals surface area contributed by atoms with Crippen LogP contribution in [0, 0.1) is 17.0 Å². The SMILES string of the molecule is C=C(C)c1ccc([N+](=O)[O-])c(C)c1. The van der Waals surface area contributed by atoms with Crippen LogP contribution < -0.4 is 0 Å². The summed E-state index contributed by atoms with van der Waals surface area (Å²) in [6, 6.07) is 5.01. The standard InChI is InChI=1S/C10H11NO2/c1-7(2)9-4-5-10(11(12)13)8(3)6-9/h4-6H,1H2,2-3H3. The Hall–Kier alpha value is -1.64. The summed E-state index contributed by atoms with van der Waals surface area (Å²) in [6.45, 7) is 7.37. The molecule has 1 aromatic carbocycles. The average Bonchev–Trinajstić information content (AvgIpc) is 2.03. The first-order valence-corrected chi connectivity index (χ1v) is 3.93. The van der Waals surface area contributed by atoms with Crippen molar-refractivity contribution in [3.8, 4) is 0 Å². The zero-order chi connectivity index (χ0) is 10.0. The van der Waals surface area contributed by atoms with Gasteiger partial charge in [-0.25, -0.2) is 0 Å². The highest BCUT2D eigenvalue weighted by molar-refractivity contribution is 5.63. The molecule has 68 valence electrons. The molecule has 0 aliphatic rings. The molecule has 0 aromatic heterocycles. The zero-order valence-corrected chi connectivity index (χ0v) is 7.70. The molecule has 0 saturated carbocycles. The van der Waals surface area contributed by atoms with Gasteiger partial charge in [0.25, 0.3) is 5.69 Å². The summed E-state index contributed by atoms with van der Waals surface area (Å²) in [5.74, 6) is 0. The lowest BCUT2D eigenvalue weighted by atomic mass is 10.1. The van der Waals surface area contributed by atoms with Crippen molar-refractivity contribution in [3.63, 3.8) is 0 Å². The quantitative estimate of drug-likeness (QED) is 0.515. The van der Waals surface area contributed by atoms with Gasteiger partial charge < -0.3 is 0 Å². The number of nitro benzene ring substituents is 1. The maximum atomic E-state index is 10.5. The molecule has 0 fully saturated rings. The third kappa shape index (κ3) is 1.93. The van der Waals surface area contributed by atoms with Crippen molar-refractivity contribution in [1.29, 1.82) is 0 Å². The molecule has 1 aromatic rings. The second-order valence-electron chi connectivity index (χ2n) is 3.04. The largest absolute Gasteiger partial charge is 0.272 e. The highest BCUT2D eigenvalue weighted by Gasteiger charge is 2.09. The predicted molar refractivity (Wildman–Crippen MR) is 52.5 cm³/mol. The molecule has 0 aliphatic heterocycles. The van der Waals surface area contributed by atoms with Crippen molar-refractivity contribution < 1.29 is 4.92 Å². The first-order valence-electron chi connectivity index (χ1n) is 3.93. The van der Waals surface area contributed by atoms with Gasteiger partial charge in [0.15, 0.2) is 0 Å². The molecule has 3 nitrogen and oxygen atoms in total. The van der Waals surface area contributed by atoms with Gasteiger partial charge in [-0.05, 0) is 31.5 Å². The molecule has 0 spiro atoms. The fourth-order valence-corrected chi connectivity index (χ4v) is 1.13. The van der Waals surface area contributed by atoms with Crippen LogP contribution in [0.4, 0.5) is 5.69 Å². The Kier molecular flexibility index (Phi) is 2.46. The summed E-state index contributed by atoms with van der Waals surface area (Å²) < 4.78 is 0. The van der Waals surface area contributed by atoms with Gasteiger partial charge in [-0.2, -0.15) is 0 Å². The number of rotatable bonds is 2. The van der Waals surface area contributed by atoms with Gasteiger partial charge in [-0.1, -0.05) is 12.2 Å². The van der Waals surface area contributed by atoms with Crippen LogP contribution in [-0.2, 0) is 0 Å². The highest BCUT2D eigenvalue weighted by atomic mass is 16.6. The molecule has 0 aliphatic carbocycles. The van der Waals surface area contributed by atoms with Crippen molar-refractivity contribution in [2.75, 3.05) is 0 Å². The number of allylic oxidation sites excluding steroid dienone is 1. The van der Waals surface area contributed by atoms with Gasteiger partial charge in [0.1, 0.15) is 0 Å². The van der Waals surface area contributed by atoms with E-state index in [0.29, 0.717) is 5.56 Å². The monoisotopic (exact) mass is 177 g/mol. The fourth-order valence-electron chi connectivity index (χ4n) is 1.13. The minimum Gasteiger partial charge on any atom is -0.258 e. The van der Waals surface area contributed by atoms with Crippen LogP contribution in [0.2, 0.25) is 0 Å². The Morgan fingerprint density at radius 2 is 2.15 bits per heavy atom. The van der Waals surface area contributed by atoms with Gasteiger partial charge in [0, 0.05) is 11.6 Å². The van der Waals surface area contributed by atoms with Crippen molar-refractivity contribution in [3.05, 3.63) is 46.0 Å². The predicted octanol–water partition coefficient (Wildman–Crippen LogP) is 2.94. The number of benzene rings is 1. The van der Waals surface area contributed by atoms with E-state index >= 15 is 0 Å². The van der Waals surface area contributed by atoms with E-state index in [4.69, 9.17) is 0 Å². The molecular formula is C10H11NO2. The zero-order valence-electron chi connectivity index (χ0n) is 7.70. The molecular weight excluding hydrogens is 166 g/mol. The third-order valence-electron chi connectivity index (χ3n) is 1.89. The van der Waals surface area contributed by atoms with Crippen LogP contribution in [-0.4, -0.2) is 4.92 Å². The Labute approximate surface area is 76.9 Å².